The molecule has 0 spiro atoms. The zero-order chi connectivity index (χ0) is 12.8. The minimum atomic E-state index is 0.717. The average Bonchev–Trinajstić information content (AvgIpc) is 3.31. The molecule has 1 aromatic heterocycles. The summed E-state index contributed by atoms with van der Waals surface area (Å²) < 4.78 is 0. The summed E-state index contributed by atoms with van der Waals surface area (Å²) in [5, 5.41) is 0. The van der Waals surface area contributed by atoms with Gasteiger partial charge in [-0.15, -0.1) is 0 Å². The van der Waals surface area contributed by atoms with Crippen LogP contribution in [0.1, 0.15) is 0 Å². The van der Waals surface area contributed by atoms with Crippen molar-refractivity contribution < 1.29 is 0 Å². The Hall–Kier alpha value is -2.30. The van der Waals surface area contributed by atoms with Crippen molar-refractivity contribution in [3.05, 3.63) is 30.3 Å². The molecule has 0 bridgehead atoms. The summed E-state index contributed by atoms with van der Waals surface area (Å²) in [5.41, 5.74) is 7.96. The van der Waals surface area contributed by atoms with Gasteiger partial charge in [-0.2, -0.15) is 0 Å². The van der Waals surface area contributed by atoms with Gasteiger partial charge in [0.25, 0.3) is 0 Å². The first kappa shape index (κ1) is 10.6. The van der Waals surface area contributed by atoms with Gasteiger partial charge in [-0.25, -0.2) is 9.97 Å². The molecule has 2 fully saturated rings. The van der Waals surface area contributed by atoms with E-state index in [1.165, 1.54) is 0 Å². The number of hydrogen-bond acceptors (Lipinski definition) is 5. The number of nitrogen functional groups attached to an aromatic ring is 1. The van der Waals surface area contributed by atoms with Crippen LogP contribution in [0, 0.1) is 0 Å². The molecule has 0 saturated carbocycles. The van der Waals surface area contributed by atoms with Crippen LogP contribution < -0.4 is 15.5 Å². The second kappa shape index (κ2) is 3.85. The lowest BCUT2D eigenvalue weighted by Crippen LogP contribution is -2.09. The van der Waals surface area contributed by atoms with Crippen molar-refractivity contribution in [2.75, 3.05) is 41.7 Å². The van der Waals surface area contributed by atoms with Gasteiger partial charge in [0.15, 0.2) is 17.5 Å². The molecule has 2 aliphatic rings. The van der Waals surface area contributed by atoms with Crippen molar-refractivity contribution in [3.8, 4) is 11.4 Å². The molecule has 5 nitrogen and oxygen atoms in total. The lowest BCUT2D eigenvalue weighted by molar-refractivity contribution is 1.12. The molecule has 2 aliphatic heterocycles. The van der Waals surface area contributed by atoms with E-state index in [4.69, 9.17) is 5.73 Å². The van der Waals surface area contributed by atoms with Gasteiger partial charge in [-0.3, -0.25) is 0 Å². The maximum absolute atomic E-state index is 6.20. The van der Waals surface area contributed by atoms with E-state index in [1.807, 2.05) is 30.3 Å². The molecule has 3 heterocycles. The van der Waals surface area contributed by atoms with Crippen LogP contribution in [0.5, 0.6) is 0 Å². The molecular formula is C14H15N5. The Morgan fingerprint density at radius 2 is 1.37 bits per heavy atom. The van der Waals surface area contributed by atoms with Crippen LogP contribution in [0.4, 0.5) is 17.3 Å². The lowest BCUT2D eigenvalue weighted by atomic mass is 10.2. The zero-order valence-electron chi connectivity index (χ0n) is 10.6. The topological polar surface area (TPSA) is 57.8 Å². The largest absolute Gasteiger partial charge is 0.393 e. The minimum absolute atomic E-state index is 0.717. The van der Waals surface area contributed by atoms with E-state index in [9.17, 15) is 0 Å². The normalized spacial score (nSPS) is 16.6. The third kappa shape index (κ3) is 1.87. The number of hydrogen-bond donors (Lipinski definition) is 1. The standard InChI is InChI=1S/C14H15N5/c15-11-13(18-6-7-18)16-12(10-4-2-1-3-5-10)17-14(11)19-8-9-19/h1-5H,6-9,15H2. The number of rotatable bonds is 3. The number of benzene rings is 1. The molecule has 19 heavy (non-hydrogen) atoms. The number of nitrogens with zero attached hydrogens (tertiary/aromatic N) is 4. The van der Waals surface area contributed by atoms with Gasteiger partial charge in [0.05, 0.1) is 0 Å². The summed E-state index contributed by atoms with van der Waals surface area (Å²) in [6.45, 7) is 4.15. The maximum Gasteiger partial charge on any atom is 0.164 e. The highest BCUT2D eigenvalue weighted by Crippen LogP contribution is 2.36. The van der Waals surface area contributed by atoms with E-state index in [2.05, 4.69) is 19.8 Å². The molecule has 5 heteroatoms. The van der Waals surface area contributed by atoms with E-state index in [-0.39, 0.29) is 0 Å². The van der Waals surface area contributed by atoms with E-state index in [0.29, 0.717) is 0 Å². The molecule has 0 aliphatic carbocycles. The van der Waals surface area contributed by atoms with Crippen molar-refractivity contribution in [3.63, 3.8) is 0 Å². The second-order valence-electron chi connectivity index (χ2n) is 4.95. The molecule has 0 amide bonds. The smallest absolute Gasteiger partial charge is 0.164 e. The number of anilines is 3. The van der Waals surface area contributed by atoms with Gasteiger partial charge in [0.2, 0.25) is 0 Å². The van der Waals surface area contributed by atoms with E-state index in [1.54, 1.807) is 0 Å². The first-order valence-electron chi connectivity index (χ1n) is 6.56. The summed E-state index contributed by atoms with van der Waals surface area (Å²) >= 11 is 0. The van der Waals surface area contributed by atoms with Crippen LogP contribution >= 0.6 is 0 Å². The Morgan fingerprint density at radius 1 is 0.842 bits per heavy atom. The zero-order valence-corrected chi connectivity index (χ0v) is 10.6. The fourth-order valence-corrected chi connectivity index (χ4v) is 2.17. The van der Waals surface area contributed by atoms with E-state index < -0.39 is 0 Å². The number of aromatic nitrogens is 2. The van der Waals surface area contributed by atoms with Crippen LogP contribution in [0.3, 0.4) is 0 Å². The molecule has 2 saturated heterocycles. The highest BCUT2D eigenvalue weighted by atomic mass is 15.4. The Morgan fingerprint density at radius 3 is 1.84 bits per heavy atom. The molecule has 0 atom stereocenters. The summed E-state index contributed by atoms with van der Waals surface area (Å²) in [5.74, 6) is 2.53. The molecular weight excluding hydrogens is 238 g/mol. The predicted octanol–water partition coefficient (Wildman–Crippen LogP) is 1.37. The van der Waals surface area contributed by atoms with Crippen LogP contribution in [-0.2, 0) is 0 Å². The van der Waals surface area contributed by atoms with Crippen molar-refractivity contribution in [1.82, 2.24) is 9.97 Å². The fraction of sp³-hybridized carbons (Fsp3) is 0.286. The number of nitrogens with two attached hydrogens (primary N) is 1. The summed E-state index contributed by atoms with van der Waals surface area (Å²) in [4.78, 5) is 13.6. The van der Waals surface area contributed by atoms with Gasteiger partial charge >= 0.3 is 0 Å². The molecule has 2 aromatic rings. The van der Waals surface area contributed by atoms with Gasteiger partial charge in [0, 0.05) is 31.7 Å². The van der Waals surface area contributed by atoms with Crippen LogP contribution in [-0.4, -0.2) is 36.1 Å². The molecule has 2 N–H and O–H groups in total. The molecule has 1 aromatic carbocycles. The van der Waals surface area contributed by atoms with Crippen LogP contribution in [0.2, 0.25) is 0 Å². The minimum Gasteiger partial charge on any atom is -0.393 e. The highest BCUT2D eigenvalue weighted by Gasteiger charge is 2.30. The second-order valence-corrected chi connectivity index (χ2v) is 4.95. The summed E-state index contributed by atoms with van der Waals surface area (Å²) in [6, 6.07) is 10.1. The predicted molar refractivity (Wildman–Crippen MR) is 76.3 cm³/mol. The lowest BCUT2D eigenvalue weighted by Gasteiger charge is -2.13. The Balaban J connectivity index is 1.86. The van der Waals surface area contributed by atoms with E-state index in [0.717, 1.165) is 54.9 Å². The third-order valence-corrected chi connectivity index (χ3v) is 3.43. The molecule has 4 rings (SSSR count). The summed E-state index contributed by atoms with van der Waals surface area (Å²) in [7, 11) is 0. The van der Waals surface area contributed by atoms with Gasteiger partial charge in [-0.1, -0.05) is 30.3 Å². The quantitative estimate of drug-likeness (QED) is 0.837. The van der Waals surface area contributed by atoms with Crippen LogP contribution in [0.15, 0.2) is 30.3 Å². The van der Waals surface area contributed by atoms with Gasteiger partial charge < -0.3 is 15.5 Å². The third-order valence-electron chi connectivity index (χ3n) is 3.43. The SMILES string of the molecule is Nc1c(N2CC2)nc(-c2ccccc2)nc1N1CC1. The van der Waals surface area contributed by atoms with Crippen molar-refractivity contribution in [2.24, 2.45) is 0 Å². The Labute approximate surface area is 111 Å². The van der Waals surface area contributed by atoms with E-state index >= 15 is 0 Å². The van der Waals surface area contributed by atoms with Crippen molar-refractivity contribution in [2.45, 2.75) is 0 Å². The van der Waals surface area contributed by atoms with Crippen LogP contribution in [0.25, 0.3) is 11.4 Å². The molecule has 0 radical (unpaired) electrons. The van der Waals surface area contributed by atoms with Crippen molar-refractivity contribution in [1.29, 1.82) is 0 Å². The molecule has 0 unspecified atom stereocenters. The fourth-order valence-electron chi connectivity index (χ4n) is 2.17. The Kier molecular flexibility index (Phi) is 2.15. The van der Waals surface area contributed by atoms with Crippen molar-refractivity contribution >= 4 is 17.3 Å². The van der Waals surface area contributed by atoms with Gasteiger partial charge in [0.1, 0.15) is 5.69 Å². The highest BCUT2D eigenvalue weighted by molar-refractivity contribution is 5.81. The first-order valence-corrected chi connectivity index (χ1v) is 6.56. The molecule has 96 valence electrons. The van der Waals surface area contributed by atoms with Gasteiger partial charge in [-0.05, 0) is 0 Å². The maximum atomic E-state index is 6.20. The summed E-state index contributed by atoms with van der Waals surface area (Å²) in [6.07, 6.45) is 0. The monoisotopic (exact) mass is 253 g/mol. The average molecular weight is 253 g/mol. The first-order chi connectivity index (χ1) is 9.33. The Bertz CT molecular complexity index is 584.